The number of hydrogen-bond donors (Lipinski definition) is 1. The Bertz CT molecular complexity index is 804. The highest BCUT2D eigenvalue weighted by Gasteiger charge is 2.39. The van der Waals surface area contributed by atoms with E-state index in [0.29, 0.717) is 13.0 Å². The van der Waals surface area contributed by atoms with E-state index in [0.717, 1.165) is 10.8 Å². The van der Waals surface area contributed by atoms with Crippen LogP contribution in [0.1, 0.15) is 54.2 Å². The number of aliphatic imine (C=N–C) groups is 1. The Morgan fingerprint density at radius 3 is 2.66 bits per heavy atom. The van der Waals surface area contributed by atoms with Crippen LogP contribution in [0.2, 0.25) is 0 Å². The summed E-state index contributed by atoms with van der Waals surface area (Å²) in [7, 11) is -1.47. The molecule has 1 aromatic rings. The Labute approximate surface area is 170 Å². The molecule has 3 unspecified atom stereocenters. The Morgan fingerprint density at radius 2 is 2.07 bits per heavy atom. The van der Waals surface area contributed by atoms with Gasteiger partial charge in [-0.3, -0.25) is 19.3 Å². The molecule has 4 atom stereocenters. The van der Waals surface area contributed by atoms with Gasteiger partial charge in [0.05, 0.1) is 18.4 Å². The molecule has 0 radical (unpaired) electrons. The van der Waals surface area contributed by atoms with Gasteiger partial charge in [-0.25, -0.2) is 9.46 Å². The average Bonchev–Trinajstić information content (AvgIpc) is 2.98. The quantitative estimate of drug-likeness (QED) is 0.366. The van der Waals surface area contributed by atoms with Crippen LogP contribution < -0.4 is 11.2 Å². The van der Waals surface area contributed by atoms with Crippen molar-refractivity contribution in [2.24, 2.45) is 4.99 Å². The lowest BCUT2D eigenvalue weighted by Gasteiger charge is -2.36. The summed E-state index contributed by atoms with van der Waals surface area (Å²) >= 11 is 0. The zero-order valence-corrected chi connectivity index (χ0v) is 18.6. The Kier molecular flexibility index (Phi) is 8.51. The maximum atomic E-state index is 13.6. The summed E-state index contributed by atoms with van der Waals surface area (Å²) in [6.07, 6.45) is 1.08. The summed E-state index contributed by atoms with van der Waals surface area (Å²) < 4.78 is 34.7. The summed E-state index contributed by atoms with van der Waals surface area (Å²) in [6.45, 7) is 12.5. The predicted octanol–water partition coefficient (Wildman–Crippen LogP) is 2.78. The monoisotopic (exact) mass is 432 g/mol. The second kappa shape index (κ2) is 10.4. The summed E-state index contributed by atoms with van der Waals surface area (Å²) in [5.74, 6) is -1.04. The molecular weight excluding hydrogens is 402 g/mol. The molecule has 0 saturated carbocycles. The molecule has 2 rings (SSSR count). The van der Waals surface area contributed by atoms with Crippen molar-refractivity contribution >= 4 is 14.9 Å². The fraction of sp³-hybridized carbons (Fsp3) is 0.722. The van der Waals surface area contributed by atoms with Gasteiger partial charge >= 0.3 is 14.2 Å². The number of aromatic amines is 1. The molecule has 1 aliphatic rings. The van der Waals surface area contributed by atoms with Crippen molar-refractivity contribution in [2.45, 2.75) is 78.5 Å². The van der Waals surface area contributed by atoms with E-state index in [4.69, 9.17) is 13.8 Å². The molecule has 0 bridgehead atoms. The molecule has 1 saturated heterocycles. The molecule has 1 fully saturated rings. The third-order valence-electron chi connectivity index (χ3n) is 4.43. The van der Waals surface area contributed by atoms with Crippen molar-refractivity contribution in [3.05, 3.63) is 32.9 Å². The lowest BCUT2D eigenvalue weighted by atomic mass is 10.2. The zero-order chi connectivity index (χ0) is 21.7. The van der Waals surface area contributed by atoms with Crippen molar-refractivity contribution in [1.82, 2.24) is 14.2 Å². The minimum atomic E-state index is -1.47. The van der Waals surface area contributed by atoms with Crippen LogP contribution in [0.5, 0.6) is 0 Å². The van der Waals surface area contributed by atoms with E-state index < -0.39 is 31.8 Å². The number of ether oxygens (including phenoxy) is 1. The van der Waals surface area contributed by atoms with Gasteiger partial charge in [0.2, 0.25) is 5.82 Å². The van der Waals surface area contributed by atoms with Crippen LogP contribution >= 0.6 is 8.53 Å². The van der Waals surface area contributed by atoms with E-state index in [1.807, 2.05) is 18.8 Å². The first-order chi connectivity index (χ1) is 13.6. The van der Waals surface area contributed by atoms with E-state index >= 15 is 0 Å². The average molecular weight is 432 g/mol. The van der Waals surface area contributed by atoms with Gasteiger partial charge < -0.3 is 13.8 Å². The van der Waals surface area contributed by atoms with Gasteiger partial charge in [-0.05, 0) is 41.5 Å². The van der Waals surface area contributed by atoms with Gasteiger partial charge in [0.1, 0.15) is 6.23 Å². The normalized spacial score (nSPS) is 23.6. The third-order valence-corrected chi connectivity index (χ3v) is 6.46. The number of aromatic nitrogens is 2. The molecule has 0 aromatic carbocycles. The summed E-state index contributed by atoms with van der Waals surface area (Å²) in [6, 6.07) is 0.334. The lowest BCUT2D eigenvalue weighted by Crippen LogP contribution is -2.35. The second-order valence-electron chi connectivity index (χ2n) is 7.33. The van der Waals surface area contributed by atoms with Gasteiger partial charge in [-0.1, -0.05) is 0 Å². The summed E-state index contributed by atoms with van der Waals surface area (Å²) in [5.41, 5.74) is -1.78. The van der Waals surface area contributed by atoms with Crippen LogP contribution in [0.4, 0.5) is 4.39 Å². The molecule has 164 valence electrons. The largest absolute Gasteiger partial charge is 0.425 e. The van der Waals surface area contributed by atoms with Crippen molar-refractivity contribution in [3.8, 4) is 0 Å². The highest BCUT2D eigenvalue weighted by Crippen LogP contribution is 2.49. The number of hydrogen-bond acceptors (Lipinski definition) is 7. The van der Waals surface area contributed by atoms with Gasteiger partial charge in [-0.2, -0.15) is 4.39 Å². The Morgan fingerprint density at radius 1 is 1.41 bits per heavy atom. The minimum absolute atomic E-state index is 0.167. The molecule has 29 heavy (non-hydrogen) atoms. The highest BCUT2D eigenvalue weighted by molar-refractivity contribution is 7.45. The van der Waals surface area contributed by atoms with Gasteiger partial charge in [-0.15, -0.1) is 0 Å². The molecule has 0 amide bonds. The Hall–Kier alpha value is -1.61. The van der Waals surface area contributed by atoms with Crippen LogP contribution in [-0.4, -0.2) is 51.5 Å². The molecule has 1 N–H and O–H groups in total. The highest BCUT2D eigenvalue weighted by atomic mass is 31.2. The van der Waals surface area contributed by atoms with Crippen molar-refractivity contribution in [3.63, 3.8) is 0 Å². The second-order valence-corrected chi connectivity index (χ2v) is 8.69. The van der Waals surface area contributed by atoms with E-state index in [9.17, 15) is 14.0 Å². The van der Waals surface area contributed by atoms with E-state index in [1.54, 1.807) is 0 Å². The molecule has 11 heteroatoms. The summed E-state index contributed by atoms with van der Waals surface area (Å²) in [4.78, 5) is 29.4. The first-order valence-electron chi connectivity index (χ1n) is 9.72. The maximum Gasteiger partial charge on any atom is 0.330 e. The minimum Gasteiger partial charge on any atom is -0.425 e. The van der Waals surface area contributed by atoms with Crippen LogP contribution in [0.25, 0.3) is 0 Å². The number of H-pyrrole nitrogens is 1. The smallest absolute Gasteiger partial charge is 0.330 e. The fourth-order valence-electron chi connectivity index (χ4n) is 3.13. The Balaban J connectivity index is 2.21. The summed E-state index contributed by atoms with van der Waals surface area (Å²) in [5, 5.41) is 0. The zero-order valence-electron chi connectivity index (χ0n) is 17.7. The standard InChI is InChI=1S/C18H30FN4O5P/c1-7-20-10-26-29(23(11(2)3)12(4)5)28-15-8-16(27-13(15)6)22-9-14(19)17(24)21-18(22)25/h9-13,15-16H,7-8H2,1-6H3,(H,21,24,25)/b20-10+/t13?,15-,16?,29?/m1/s1. The molecular formula is C18H30FN4O5P. The van der Waals surface area contributed by atoms with Crippen molar-refractivity contribution in [1.29, 1.82) is 0 Å². The van der Waals surface area contributed by atoms with E-state index in [1.165, 1.54) is 6.40 Å². The van der Waals surface area contributed by atoms with Crippen LogP contribution in [0.3, 0.4) is 0 Å². The number of nitrogens with one attached hydrogen (secondary N) is 1. The van der Waals surface area contributed by atoms with E-state index in [-0.39, 0.29) is 24.3 Å². The van der Waals surface area contributed by atoms with Gasteiger partial charge in [0.15, 0.2) is 6.40 Å². The van der Waals surface area contributed by atoms with Crippen LogP contribution in [-0.2, 0) is 13.8 Å². The predicted molar refractivity (Wildman–Crippen MR) is 110 cm³/mol. The fourth-order valence-corrected chi connectivity index (χ4v) is 4.79. The molecule has 0 spiro atoms. The first kappa shape index (κ1) is 23.7. The van der Waals surface area contributed by atoms with Crippen LogP contribution in [0, 0.1) is 5.82 Å². The maximum absolute atomic E-state index is 13.6. The van der Waals surface area contributed by atoms with Gasteiger partial charge in [0.25, 0.3) is 5.56 Å². The molecule has 9 nitrogen and oxygen atoms in total. The molecule has 1 aromatic heterocycles. The molecule has 2 heterocycles. The first-order valence-corrected chi connectivity index (χ1v) is 10.8. The number of halogens is 1. The number of nitrogens with zero attached hydrogens (tertiary/aromatic N) is 3. The third kappa shape index (κ3) is 5.94. The van der Waals surface area contributed by atoms with E-state index in [2.05, 4.69) is 37.4 Å². The van der Waals surface area contributed by atoms with Crippen LogP contribution in [0.15, 0.2) is 20.8 Å². The SMILES string of the molecule is CC/N=C/OP(O[C@@H]1CC(n2cc(F)c(=O)[nH]c2=O)OC1C)N(C(C)C)C(C)C. The lowest BCUT2D eigenvalue weighted by molar-refractivity contribution is -0.00822. The molecule has 0 aliphatic carbocycles. The molecule has 1 aliphatic heterocycles. The van der Waals surface area contributed by atoms with Crippen molar-refractivity contribution < 1.29 is 18.2 Å². The van der Waals surface area contributed by atoms with Crippen molar-refractivity contribution in [2.75, 3.05) is 6.54 Å². The van der Waals surface area contributed by atoms with Gasteiger partial charge in [0, 0.05) is 25.0 Å². The number of rotatable bonds is 9. The topological polar surface area (TPSA) is 98.2 Å².